The minimum Gasteiger partial charge on any atom is -0.346 e. The topological polar surface area (TPSA) is 17.0 Å². The van der Waals surface area contributed by atoms with Crippen molar-refractivity contribution in [2.75, 3.05) is 0 Å². The number of nitrogens with one attached hydrogen (secondary N) is 1. The largest absolute Gasteiger partial charge is 0.346 e. The van der Waals surface area contributed by atoms with Gasteiger partial charge in [0.15, 0.2) is 0 Å². The average Bonchev–Trinajstić information content (AvgIpc) is 2.59. The van der Waals surface area contributed by atoms with Gasteiger partial charge in [0.1, 0.15) is 0 Å². The highest BCUT2D eigenvalue weighted by molar-refractivity contribution is 6.32. The van der Waals surface area contributed by atoms with Gasteiger partial charge in [-0.05, 0) is 24.6 Å². The number of fused-ring (bicyclic) bond motifs is 1. The first-order chi connectivity index (χ1) is 8.00. The van der Waals surface area contributed by atoms with Gasteiger partial charge in [0.25, 0.3) is 0 Å². The Morgan fingerprint density at radius 1 is 1.35 bits per heavy atom. The van der Waals surface area contributed by atoms with Gasteiger partial charge >= 0.3 is 0 Å². The molecule has 0 saturated heterocycles. The van der Waals surface area contributed by atoms with E-state index in [0.717, 1.165) is 17.1 Å². The van der Waals surface area contributed by atoms with Crippen molar-refractivity contribution in [3.8, 4) is 0 Å². The van der Waals surface area contributed by atoms with E-state index in [1.165, 1.54) is 16.6 Å². The van der Waals surface area contributed by atoms with Crippen LogP contribution in [0.15, 0.2) is 18.2 Å². The summed E-state index contributed by atoms with van der Waals surface area (Å²) in [5, 5.41) is 5.54. The van der Waals surface area contributed by atoms with E-state index in [1.807, 2.05) is 6.07 Å². The number of rotatable bonds is 3. The van der Waals surface area contributed by atoms with Gasteiger partial charge in [0, 0.05) is 35.7 Å². The quantitative estimate of drug-likeness (QED) is 0.880. The molecule has 2 rings (SSSR count). The maximum Gasteiger partial charge on any atom is 0.0524 e. The van der Waals surface area contributed by atoms with Crippen LogP contribution in [-0.2, 0) is 13.6 Å². The summed E-state index contributed by atoms with van der Waals surface area (Å²) in [6, 6.07) is 6.79. The molecule has 92 valence electrons. The molecule has 0 amide bonds. The molecular weight excluding hydrogens is 232 g/mol. The SMILES string of the molecule is Cc1c(Cl)ccc2cc(CNC(C)C)n(C)c12. The summed E-state index contributed by atoms with van der Waals surface area (Å²) in [6.07, 6.45) is 0. The number of benzene rings is 1. The highest BCUT2D eigenvalue weighted by Gasteiger charge is 2.10. The second-order valence-electron chi connectivity index (χ2n) is 4.84. The summed E-state index contributed by atoms with van der Waals surface area (Å²) >= 11 is 6.17. The highest BCUT2D eigenvalue weighted by atomic mass is 35.5. The van der Waals surface area contributed by atoms with E-state index in [9.17, 15) is 0 Å². The molecule has 17 heavy (non-hydrogen) atoms. The lowest BCUT2D eigenvalue weighted by Gasteiger charge is -2.10. The molecule has 2 aromatic rings. The fourth-order valence-corrected chi connectivity index (χ4v) is 2.31. The molecule has 0 unspecified atom stereocenters. The lowest BCUT2D eigenvalue weighted by Crippen LogP contribution is -2.23. The molecule has 0 fully saturated rings. The minimum absolute atomic E-state index is 0.498. The van der Waals surface area contributed by atoms with Gasteiger partial charge in [0.05, 0.1) is 5.52 Å². The Balaban J connectivity index is 2.46. The zero-order valence-corrected chi connectivity index (χ0v) is 11.6. The highest BCUT2D eigenvalue weighted by Crippen LogP contribution is 2.27. The Morgan fingerprint density at radius 3 is 2.71 bits per heavy atom. The average molecular weight is 251 g/mol. The predicted molar refractivity (Wildman–Crippen MR) is 74.6 cm³/mol. The van der Waals surface area contributed by atoms with E-state index < -0.39 is 0 Å². The Morgan fingerprint density at radius 2 is 2.06 bits per heavy atom. The maximum atomic E-state index is 6.17. The third kappa shape index (κ3) is 2.33. The first-order valence-corrected chi connectivity index (χ1v) is 6.35. The Bertz CT molecular complexity index is 541. The van der Waals surface area contributed by atoms with Gasteiger partial charge in [-0.25, -0.2) is 0 Å². The Labute approximate surface area is 108 Å². The van der Waals surface area contributed by atoms with E-state index in [1.54, 1.807) is 0 Å². The third-order valence-corrected chi connectivity index (χ3v) is 3.59. The maximum absolute atomic E-state index is 6.17. The zero-order chi connectivity index (χ0) is 12.6. The molecule has 1 N–H and O–H groups in total. The smallest absolute Gasteiger partial charge is 0.0524 e. The summed E-state index contributed by atoms with van der Waals surface area (Å²) in [5.41, 5.74) is 3.68. The van der Waals surface area contributed by atoms with Gasteiger partial charge < -0.3 is 9.88 Å². The van der Waals surface area contributed by atoms with Crippen LogP contribution in [0.4, 0.5) is 0 Å². The van der Waals surface area contributed by atoms with Gasteiger partial charge in [-0.2, -0.15) is 0 Å². The van der Waals surface area contributed by atoms with Crippen molar-refractivity contribution in [2.45, 2.75) is 33.4 Å². The van der Waals surface area contributed by atoms with Crippen molar-refractivity contribution < 1.29 is 0 Å². The van der Waals surface area contributed by atoms with Crippen LogP contribution in [0.3, 0.4) is 0 Å². The monoisotopic (exact) mass is 250 g/mol. The van der Waals surface area contributed by atoms with E-state index >= 15 is 0 Å². The molecule has 0 spiro atoms. The van der Waals surface area contributed by atoms with Gasteiger partial charge in [0.2, 0.25) is 0 Å². The van der Waals surface area contributed by atoms with Crippen molar-refractivity contribution in [3.05, 3.63) is 34.5 Å². The lowest BCUT2D eigenvalue weighted by atomic mass is 10.1. The summed E-state index contributed by atoms with van der Waals surface area (Å²) in [4.78, 5) is 0. The molecule has 1 aromatic heterocycles. The van der Waals surface area contributed by atoms with Crippen LogP contribution in [0.5, 0.6) is 0 Å². The molecule has 0 aliphatic carbocycles. The summed E-state index contributed by atoms with van der Waals surface area (Å²) in [7, 11) is 2.10. The zero-order valence-electron chi connectivity index (χ0n) is 10.8. The van der Waals surface area contributed by atoms with Gasteiger partial charge in [-0.3, -0.25) is 0 Å². The van der Waals surface area contributed by atoms with Crippen molar-refractivity contribution in [1.29, 1.82) is 0 Å². The van der Waals surface area contributed by atoms with Crippen LogP contribution >= 0.6 is 11.6 Å². The third-order valence-electron chi connectivity index (χ3n) is 3.18. The summed E-state index contributed by atoms with van der Waals surface area (Å²) in [5.74, 6) is 0. The normalized spacial score (nSPS) is 11.6. The predicted octanol–water partition coefficient (Wildman–Crippen LogP) is 3.64. The molecular formula is C14H19ClN2. The van der Waals surface area contributed by atoms with Crippen LogP contribution < -0.4 is 5.32 Å². The van der Waals surface area contributed by atoms with Crippen LogP contribution in [-0.4, -0.2) is 10.6 Å². The summed E-state index contributed by atoms with van der Waals surface area (Å²) < 4.78 is 2.23. The van der Waals surface area contributed by atoms with Gasteiger partial charge in [-0.15, -0.1) is 0 Å². The molecule has 0 bridgehead atoms. The van der Waals surface area contributed by atoms with Crippen molar-refractivity contribution >= 4 is 22.5 Å². The second kappa shape index (κ2) is 4.71. The molecule has 0 saturated carbocycles. The second-order valence-corrected chi connectivity index (χ2v) is 5.25. The van der Waals surface area contributed by atoms with Crippen LogP contribution in [0.1, 0.15) is 25.1 Å². The van der Waals surface area contributed by atoms with Crippen molar-refractivity contribution in [3.63, 3.8) is 0 Å². The molecule has 2 nitrogen and oxygen atoms in total. The van der Waals surface area contributed by atoms with Crippen LogP contribution in [0.25, 0.3) is 10.9 Å². The number of aromatic nitrogens is 1. The molecule has 0 aliphatic heterocycles. The van der Waals surface area contributed by atoms with Crippen molar-refractivity contribution in [1.82, 2.24) is 9.88 Å². The van der Waals surface area contributed by atoms with E-state index in [0.29, 0.717) is 6.04 Å². The molecule has 0 aliphatic rings. The standard InChI is InChI=1S/C14H19ClN2/c1-9(2)16-8-12-7-11-5-6-13(15)10(3)14(11)17(12)4/h5-7,9,16H,8H2,1-4H3. The van der Waals surface area contributed by atoms with E-state index in [2.05, 4.69) is 49.8 Å². The van der Waals surface area contributed by atoms with Gasteiger partial charge in [-0.1, -0.05) is 31.5 Å². The molecule has 3 heteroatoms. The fourth-order valence-electron chi connectivity index (χ4n) is 2.16. The first kappa shape index (κ1) is 12.5. The molecule has 1 aromatic carbocycles. The van der Waals surface area contributed by atoms with E-state index in [4.69, 9.17) is 11.6 Å². The van der Waals surface area contributed by atoms with E-state index in [-0.39, 0.29) is 0 Å². The number of nitrogens with zero attached hydrogens (tertiary/aromatic N) is 1. The number of aryl methyl sites for hydroxylation is 2. The number of halogens is 1. The first-order valence-electron chi connectivity index (χ1n) is 5.97. The van der Waals surface area contributed by atoms with Crippen molar-refractivity contribution in [2.24, 2.45) is 7.05 Å². The lowest BCUT2D eigenvalue weighted by molar-refractivity contribution is 0.572. The fraction of sp³-hybridized carbons (Fsp3) is 0.429. The minimum atomic E-state index is 0.498. The molecule has 1 heterocycles. The number of hydrogen-bond donors (Lipinski definition) is 1. The Kier molecular flexibility index (Phi) is 3.45. The van der Waals surface area contributed by atoms with Crippen LogP contribution in [0.2, 0.25) is 5.02 Å². The Hall–Kier alpha value is -0.990. The number of hydrogen-bond acceptors (Lipinski definition) is 1. The molecule has 0 radical (unpaired) electrons. The molecule has 0 atom stereocenters. The summed E-state index contributed by atoms with van der Waals surface area (Å²) in [6.45, 7) is 7.28. The van der Waals surface area contributed by atoms with Crippen LogP contribution in [0, 0.1) is 6.92 Å².